The van der Waals surface area contributed by atoms with E-state index in [0.29, 0.717) is 16.5 Å². The summed E-state index contributed by atoms with van der Waals surface area (Å²) in [4.78, 5) is 4.14. The summed E-state index contributed by atoms with van der Waals surface area (Å²) in [6.45, 7) is 0.186. The van der Waals surface area contributed by atoms with Crippen molar-refractivity contribution in [3.8, 4) is 17.6 Å². The first-order valence-electron chi connectivity index (χ1n) is 10.9. The highest BCUT2D eigenvalue weighted by Crippen LogP contribution is 2.36. The molecule has 0 aliphatic carbocycles. The van der Waals surface area contributed by atoms with Crippen LogP contribution in [0.5, 0.6) is 11.5 Å². The van der Waals surface area contributed by atoms with E-state index in [1.54, 1.807) is 6.07 Å². The van der Waals surface area contributed by atoms with Crippen molar-refractivity contribution in [2.24, 2.45) is 5.10 Å². The molecule has 0 fully saturated rings. The van der Waals surface area contributed by atoms with Crippen LogP contribution < -0.4 is 15.1 Å². The van der Waals surface area contributed by atoms with Crippen molar-refractivity contribution in [3.63, 3.8) is 0 Å². The number of hydrogen-bond acceptors (Lipinski definition) is 9. The average molecular weight is 599 g/mol. The number of benzene rings is 2. The first-order valence-corrected chi connectivity index (χ1v) is 14.1. The third-order valence-corrected chi connectivity index (χ3v) is 6.92. The molecule has 4 rings (SSSR count). The average Bonchev–Trinajstić information content (AvgIpc) is 3.32. The molecule has 0 saturated carbocycles. The van der Waals surface area contributed by atoms with Crippen LogP contribution in [0.1, 0.15) is 11.1 Å². The van der Waals surface area contributed by atoms with Crippen molar-refractivity contribution in [2.75, 3.05) is 35.6 Å². The minimum Gasteiger partial charge on any atom is -0.456 e. The quantitative estimate of drug-likeness (QED) is 0.336. The predicted octanol–water partition coefficient (Wildman–Crippen LogP) is 5.65. The van der Waals surface area contributed by atoms with Gasteiger partial charge in [-0.05, 0) is 24.3 Å². The van der Waals surface area contributed by atoms with E-state index < -0.39 is 15.7 Å². The molecular formula is C24H19Cl3FN5O4S. The molecule has 2 aromatic carbocycles. The van der Waals surface area contributed by atoms with Gasteiger partial charge in [-0.15, -0.1) is 5.10 Å². The largest absolute Gasteiger partial charge is 0.456 e. The Morgan fingerprint density at radius 1 is 1.21 bits per heavy atom. The molecule has 1 aliphatic rings. The third kappa shape index (κ3) is 6.96. The van der Waals surface area contributed by atoms with Crippen molar-refractivity contribution in [1.29, 1.82) is 5.26 Å². The zero-order chi connectivity index (χ0) is 27.4. The van der Waals surface area contributed by atoms with Gasteiger partial charge in [0.25, 0.3) is 0 Å². The van der Waals surface area contributed by atoms with Crippen LogP contribution in [0.2, 0.25) is 15.1 Å². The Morgan fingerprint density at radius 3 is 2.74 bits per heavy atom. The molecule has 1 aromatic heterocycles. The second-order valence-corrected chi connectivity index (χ2v) is 11.7. The predicted molar refractivity (Wildman–Crippen MR) is 145 cm³/mol. The summed E-state index contributed by atoms with van der Waals surface area (Å²) in [6, 6.07) is 10.8. The van der Waals surface area contributed by atoms with E-state index in [0.717, 1.165) is 6.26 Å². The Hall–Kier alpha value is -3.30. The highest BCUT2D eigenvalue weighted by Gasteiger charge is 2.23. The Bertz CT molecular complexity index is 1560. The van der Waals surface area contributed by atoms with Gasteiger partial charge in [0, 0.05) is 29.5 Å². The molecule has 38 heavy (non-hydrogen) atoms. The van der Waals surface area contributed by atoms with Crippen LogP contribution >= 0.6 is 34.8 Å². The van der Waals surface area contributed by atoms with Crippen LogP contribution in [-0.2, 0) is 21.0 Å². The number of nitrogens with zero attached hydrogens (tertiary/aromatic N) is 4. The van der Waals surface area contributed by atoms with Crippen LogP contribution in [0.3, 0.4) is 0 Å². The topological polar surface area (TPSA) is 117 Å². The van der Waals surface area contributed by atoms with E-state index in [1.807, 2.05) is 6.07 Å². The summed E-state index contributed by atoms with van der Waals surface area (Å²) in [7, 11) is -3.13. The molecule has 0 atom stereocenters. The molecule has 14 heteroatoms. The van der Waals surface area contributed by atoms with Gasteiger partial charge in [0.05, 0.1) is 45.7 Å². The second-order valence-electron chi connectivity index (χ2n) is 8.16. The second kappa shape index (κ2) is 11.6. The first kappa shape index (κ1) is 27.7. The first-order chi connectivity index (χ1) is 18.0. The van der Waals surface area contributed by atoms with Gasteiger partial charge in [0.1, 0.15) is 21.4 Å². The number of hydrogen-bond donors (Lipinski definition) is 1. The van der Waals surface area contributed by atoms with Crippen molar-refractivity contribution in [2.45, 2.75) is 6.42 Å². The fourth-order valence-corrected chi connectivity index (χ4v) is 4.48. The number of ether oxygens (including phenoxy) is 2. The normalized spacial score (nSPS) is 13.1. The number of anilines is 2. The maximum Gasteiger partial charge on any atom is 0.212 e. The lowest BCUT2D eigenvalue weighted by Crippen LogP contribution is -2.16. The summed E-state index contributed by atoms with van der Waals surface area (Å²) in [5.74, 6) is -0.237. The van der Waals surface area contributed by atoms with E-state index in [-0.39, 0.29) is 64.0 Å². The zero-order valence-electron chi connectivity index (χ0n) is 19.7. The van der Waals surface area contributed by atoms with Crippen molar-refractivity contribution < 1.29 is 22.3 Å². The fraction of sp³-hybridized carbons (Fsp3) is 0.208. The minimum absolute atomic E-state index is 0.0138. The highest BCUT2D eigenvalue weighted by molar-refractivity contribution is 7.90. The summed E-state index contributed by atoms with van der Waals surface area (Å²) >= 11 is 18.5. The van der Waals surface area contributed by atoms with E-state index in [9.17, 15) is 8.42 Å². The third-order valence-electron chi connectivity index (χ3n) is 5.17. The zero-order valence-corrected chi connectivity index (χ0v) is 22.8. The number of hydrazone groups is 1. The van der Waals surface area contributed by atoms with E-state index in [2.05, 4.69) is 15.4 Å². The number of pyridine rings is 1. The lowest BCUT2D eigenvalue weighted by atomic mass is 10.1. The molecule has 0 unspecified atom stereocenters. The smallest absolute Gasteiger partial charge is 0.212 e. The lowest BCUT2D eigenvalue weighted by molar-refractivity contribution is 0.330. The van der Waals surface area contributed by atoms with Gasteiger partial charge in [-0.3, -0.25) is 0 Å². The molecule has 9 nitrogen and oxygen atoms in total. The lowest BCUT2D eigenvalue weighted by Gasteiger charge is -2.14. The molecule has 1 N–H and O–H groups in total. The number of sulfone groups is 1. The van der Waals surface area contributed by atoms with Gasteiger partial charge < -0.3 is 14.8 Å². The minimum atomic E-state index is -3.13. The van der Waals surface area contributed by atoms with Gasteiger partial charge in [-0.1, -0.05) is 40.9 Å². The SMILES string of the molecule is CS(=O)(=O)CCNc1cc(N2COC(Cc3ccc(Cl)c(Oc4cc(Cl)cc(C#N)c4)c3F)=N2)c(Cl)cn1. The standard InChI is InChI=1S/C24H19Cl3FN5O4S/c1-38(34,35)5-4-30-21-10-20(19(27)12-31-21)33-13-36-22(32-33)8-15-2-3-18(26)24(23(15)28)37-17-7-14(11-29)6-16(25)9-17/h2-3,6-7,9-10,12H,4-5,8,13H2,1H3,(H,30,31). The number of rotatable bonds is 9. The van der Waals surface area contributed by atoms with Crippen LogP contribution in [0.4, 0.5) is 15.9 Å². The molecule has 0 saturated heterocycles. The van der Waals surface area contributed by atoms with Crippen molar-refractivity contribution in [3.05, 3.63) is 74.6 Å². The number of halogens is 4. The van der Waals surface area contributed by atoms with Gasteiger partial charge in [-0.2, -0.15) is 5.26 Å². The number of aromatic nitrogens is 1. The van der Waals surface area contributed by atoms with Gasteiger partial charge in [-0.25, -0.2) is 22.8 Å². The molecule has 2 heterocycles. The Labute approximate surface area is 233 Å². The van der Waals surface area contributed by atoms with E-state index in [1.165, 1.54) is 41.5 Å². The fourth-order valence-electron chi connectivity index (χ4n) is 3.40. The number of nitrogens with one attached hydrogen (secondary N) is 1. The van der Waals surface area contributed by atoms with Crippen molar-refractivity contribution in [1.82, 2.24) is 4.98 Å². The molecule has 0 spiro atoms. The molecule has 0 radical (unpaired) electrons. The van der Waals surface area contributed by atoms with Gasteiger partial charge in [0.15, 0.2) is 18.3 Å². The Balaban J connectivity index is 1.51. The van der Waals surface area contributed by atoms with Crippen LogP contribution in [-0.4, -0.2) is 44.6 Å². The highest BCUT2D eigenvalue weighted by atomic mass is 35.5. The molecule has 3 aromatic rings. The van der Waals surface area contributed by atoms with Gasteiger partial charge in [0.2, 0.25) is 5.90 Å². The molecule has 0 bridgehead atoms. The van der Waals surface area contributed by atoms with Crippen LogP contribution in [0.15, 0.2) is 47.7 Å². The van der Waals surface area contributed by atoms with E-state index >= 15 is 4.39 Å². The molecule has 0 amide bonds. The summed E-state index contributed by atoms with van der Waals surface area (Å²) < 4.78 is 49.4. The Morgan fingerprint density at radius 2 is 2.00 bits per heavy atom. The molecular weight excluding hydrogens is 580 g/mol. The summed E-state index contributed by atoms with van der Waals surface area (Å²) in [5, 5.41) is 18.5. The number of nitriles is 1. The van der Waals surface area contributed by atoms with E-state index in [4.69, 9.17) is 49.5 Å². The summed E-state index contributed by atoms with van der Waals surface area (Å²) in [5.41, 5.74) is 0.919. The molecule has 1 aliphatic heterocycles. The molecule has 198 valence electrons. The van der Waals surface area contributed by atoms with Gasteiger partial charge >= 0.3 is 0 Å². The summed E-state index contributed by atoms with van der Waals surface area (Å²) in [6.07, 6.45) is 2.54. The maximum atomic E-state index is 15.4. The monoisotopic (exact) mass is 597 g/mol. The Kier molecular flexibility index (Phi) is 8.47. The van der Waals surface area contributed by atoms with Crippen molar-refractivity contribution >= 4 is 62.0 Å². The van der Waals surface area contributed by atoms with Crippen LogP contribution in [0.25, 0.3) is 0 Å². The van der Waals surface area contributed by atoms with Crippen LogP contribution in [0, 0.1) is 17.1 Å². The maximum absolute atomic E-state index is 15.4.